The molecule has 0 bridgehead atoms. The third-order valence-corrected chi connectivity index (χ3v) is 5.09. The summed E-state index contributed by atoms with van der Waals surface area (Å²) in [6.45, 7) is 1.23. The highest BCUT2D eigenvalue weighted by molar-refractivity contribution is 5.83. The lowest BCUT2D eigenvalue weighted by Crippen LogP contribution is -2.45. The first-order valence-electron chi connectivity index (χ1n) is 10.0. The number of rotatable bonds is 7. The molecule has 0 spiro atoms. The molecule has 0 aliphatic carbocycles. The summed E-state index contributed by atoms with van der Waals surface area (Å²) in [6.07, 6.45) is 3.08. The van der Waals surface area contributed by atoms with Gasteiger partial charge in [-0.2, -0.15) is 4.98 Å². The van der Waals surface area contributed by atoms with Gasteiger partial charge in [0.05, 0.1) is 18.2 Å². The lowest BCUT2D eigenvalue weighted by atomic mass is 9.96. The fourth-order valence-corrected chi connectivity index (χ4v) is 3.47. The largest absolute Gasteiger partial charge is 0.355 e. The molecule has 1 aliphatic rings. The van der Waals surface area contributed by atoms with E-state index in [9.17, 15) is 9.59 Å². The Bertz CT molecular complexity index is 990. The second kappa shape index (κ2) is 9.30. The van der Waals surface area contributed by atoms with Gasteiger partial charge in [-0.25, -0.2) is 0 Å². The van der Waals surface area contributed by atoms with E-state index in [4.69, 9.17) is 4.52 Å². The number of carbonyl (C=O) groups excluding carboxylic acids is 2. The van der Waals surface area contributed by atoms with Crippen LogP contribution in [0.5, 0.6) is 0 Å². The lowest BCUT2D eigenvalue weighted by molar-refractivity contribution is -0.138. The third kappa shape index (κ3) is 4.89. The van der Waals surface area contributed by atoms with Gasteiger partial charge in [0, 0.05) is 37.7 Å². The van der Waals surface area contributed by atoms with Crippen LogP contribution in [0, 0.1) is 5.92 Å². The Morgan fingerprint density at radius 1 is 1.17 bits per heavy atom. The predicted molar refractivity (Wildman–Crippen MR) is 109 cm³/mol. The standard InChI is InChI=1S/C22H23N5O3/c28-20-10-9-17(14-27(20)15-18-8-4-5-12-23-18)22(29)24-13-11-19-25-21(26-30-19)16-6-2-1-3-7-16/h1-8,12,17H,9-11,13-15H2,(H,24,29)/t17-/m0/s1. The third-order valence-electron chi connectivity index (χ3n) is 5.09. The molecule has 1 saturated heterocycles. The van der Waals surface area contributed by atoms with E-state index in [0.29, 0.717) is 50.6 Å². The molecule has 30 heavy (non-hydrogen) atoms. The molecule has 1 fully saturated rings. The van der Waals surface area contributed by atoms with Crippen molar-refractivity contribution in [2.45, 2.75) is 25.8 Å². The van der Waals surface area contributed by atoms with E-state index >= 15 is 0 Å². The Labute approximate surface area is 174 Å². The summed E-state index contributed by atoms with van der Waals surface area (Å²) < 4.78 is 5.27. The number of amides is 2. The van der Waals surface area contributed by atoms with Crippen LogP contribution in [-0.4, -0.2) is 44.9 Å². The van der Waals surface area contributed by atoms with Crippen LogP contribution < -0.4 is 5.32 Å². The van der Waals surface area contributed by atoms with Gasteiger partial charge in [-0.1, -0.05) is 41.6 Å². The number of likely N-dealkylation sites (tertiary alicyclic amines) is 1. The highest BCUT2D eigenvalue weighted by Crippen LogP contribution is 2.20. The highest BCUT2D eigenvalue weighted by Gasteiger charge is 2.30. The first kappa shape index (κ1) is 19.8. The van der Waals surface area contributed by atoms with E-state index in [0.717, 1.165) is 11.3 Å². The molecule has 0 radical (unpaired) electrons. The Balaban J connectivity index is 1.27. The average molecular weight is 405 g/mol. The quantitative estimate of drug-likeness (QED) is 0.647. The molecular weight excluding hydrogens is 382 g/mol. The SMILES string of the molecule is O=C(NCCc1nc(-c2ccccc2)no1)[C@H]1CCC(=O)N(Cc2ccccn2)C1. The van der Waals surface area contributed by atoms with E-state index < -0.39 is 0 Å². The van der Waals surface area contributed by atoms with Crippen LogP contribution in [0.1, 0.15) is 24.4 Å². The first-order valence-corrected chi connectivity index (χ1v) is 10.0. The molecule has 8 nitrogen and oxygen atoms in total. The number of benzene rings is 1. The van der Waals surface area contributed by atoms with E-state index in [1.54, 1.807) is 11.1 Å². The molecule has 0 saturated carbocycles. The van der Waals surface area contributed by atoms with Crippen molar-refractivity contribution < 1.29 is 14.1 Å². The van der Waals surface area contributed by atoms with Crippen LogP contribution in [0.2, 0.25) is 0 Å². The van der Waals surface area contributed by atoms with Crippen LogP contribution in [0.4, 0.5) is 0 Å². The van der Waals surface area contributed by atoms with Crippen molar-refractivity contribution in [2.75, 3.05) is 13.1 Å². The summed E-state index contributed by atoms with van der Waals surface area (Å²) in [5.41, 5.74) is 1.70. The van der Waals surface area contributed by atoms with Crippen molar-refractivity contribution >= 4 is 11.8 Å². The van der Waals surface area contributed by atoms with Gasteiger partial charge in [0.1, 0.15) is 0 Å². The summed E-state index contributed by atoms with van der Waals surface area (Å²) in [5.74, 6) is 0.784. The number of pyridine rings is 1. The second-order valence-corrected chi connectivity index (χ2v) is 7.25. The topological polar surface area (TPSA) is 101 Å². The summed E-state index contributed by atoms with van der Waals surface area (Å²) in [6, 6.07) is 15.2. The van der Waals surface area contributed by atoms with Crippen molar-refractivity contribution in [3.8, 4) is 11.4 Å². The zero-order valence-electron chi connectivity index (χ0n) is 16.5. The average Bonchev–Trinajstić information content (AvgIpc) is 3.25. The number of hydrogen-bond donors (Lipinski definition) is 1. The zero-order valence-corrected chi connectivity index (χ0v) is 16.5. The maximum Gasteiger partial charge on any atom is 0.228 e. The van der Waals surface area contributed by atoms with Gasteiger partial charge in [0.2, 0.25) is 23.5 Å². The van der Waals surface area contributed by atoms with Gasteiger partial charge in [0.25, 0.3) is 0 Å². The van der Waals surface area contributed by atoms with Crippen molar-refractivity contribution in [3.63, 3.8) is 0 Å². The molecule has 1 aliphatic heterocycles. The number of nitrogens with one attached hydrogen (secondary N) is 1. The molecule has 1 N–H and O–H groups in total. The number of carbonyl (C=O) groups is 2. The minimum absolute atomic E-state index is 0.0590. The summed E-state index contributed by atoms with van der Waals surface area (Å²) in [7, 11) is 0. The van der Waals surface area contributed by atoms with Crippen molar-refractivity contribution in [2.24, 2.45) is 5.92 Å². The Hall–Kier alpha value is -3.55. The van der Waals surface area contributed by atoms with Crippen LogP contribution in [0.25, 0.3) is 11.4 Å². The van der Waals surface area contributed by atoms with Gasteiger partial charge in [-0.05, 0) is 18.6 Å². The lowest BCUT2D eigenvalue weighted by Gasteiger charge is -2.31. The minimum atomic E-state index is -0.228. The molecule has 154 valence electrons. The minimum Gasteiger partial charge on any atom is -0.355 e. The molecule has 4 rings (SSSR count). The van der Waals surface area contributed by atoms with E-state index in [-0.39, 0.29) is 17.7 Å². The van der Waals surface area contributed by atoms with E-state index in [2.05, 4.69) is 20.4 Å². The van der Waals surface area contributed by atoms with Crippen LogP contribution in [-0.2, 0) is 22.6 Å². The van der Waals surface area contributed by atoms with Crippen molar-refractivity contribution in [1.29, 1.82) is 0 Å². The first-order chi connectivity index (χ1) is 14.7. The van der Waals surface area contributed by atoms with Gasteiger partial charge < -0.3 is 14.7 Å². The van der Waals surface area contributed by atoms with Crippen LogP contribution in [0.3, 0.4) is 0 Å². The zero-order chi connectivity index (χ0) is 20.8. The number of nitrogens with zero attached hydrogens (tertiary/aromatic N) is 4. The van der Waals surface area contributed by atoms with Crippen LogP contribution >= 0.6 is 0 Å². The molecule has 8 heteroatoms. The van der Waals surface area contributed by atoms with Gasteiger partial charge in [-0.15, -0.1) is 0 Å². The van der Waals surface area contributed by atoms with Crippen molar-refractivity contribution in [1.82, 2.24) is 25.3 Å². The van der Waals surface area contributed by atoms with Gasteiger partial charge >= 0.3 is 0 Å². The Kier molecular flexibility index (Phi) is 6.12. The summed E-state index contributed by atoms with van der Waals surface area (Å²) >= 11 is 0. The fraction of sp³-hybridized carbons (Fsp3) is 0.318. The maximum atomic E-state index is 12.6. The predicted octanol–water partition coefficient (Wildman–Crippen LogP) is 2.23. The molecule has 2 amide bonds. The molecular formula is C22H23N5O3. The number of aromatic nitrogens is 3. The van der Waals surface area contributed by atoms with E-state index in [1.165, 1.54) is 0 Å². The van der Waals surface area contributed by atoms with Crippen molar-refractivity contribution in [3.05, 3.63) is 66.3 Å². The second-order valence-electron chi connectivity index (χ2n) is 7.25. The van der Waals surface area contributed by atoms with Gasteiger partial charge in [-0.3, -0.25) is 14.6 Å². The fourth-order valence-electron chi connectivity index (χ4n) is 3.47. The van der Waals surface area contributed by atoms with E-state index in [1.807, 2.05) is 48.5 Å². The smallest absolute Gasteiger partial charge is 0.228 e. The summed E-state index contributed by atoms with van der Waals surface area (Å²) in [5, 5.41) is 6.91. The Morgan fingerprint density at radius 2 is 2.00 bits per heavy atom. The monoisotopic (exact) mass is 405 g/mol. The molecule has 3 heterocycles. The highest BCUT2D eigenvalue weighted by atomic mass is 16.5. The number of hydrogen-bond acceptors (Lipinski definition) is 6. The number of piperidine rings is 1. The normalized spacial score (nSPS) is 16.5. The molecule has 1 atom stereocenters. The summed E-state index contributed by atoms with van der Waals surface area (Å²) in [4.78, 5) is 35.2. The van der Waals surface area contributed by atoms with Gasteiger partial charge in [0.15, 0.2) is 0 Å². The maximum absolute atomic E-state index is 12.6. The molecule has 3 aromatic rings. The Morgan fingerprint density at radius 3 is 2.80 bits per heavy atom. The molecule has 0 unspecified atom stereocenters. The molecule has 1 aromatic carbocycles. The van der Waals surface area contributed by atoms with Crippen LogP contribution in [0.15, 0.2) is 59.3 Å². The molecule has 2 aromatic heterocycles.